The molecule has 0 saturated heterocycles. The zero-order chi connectivity index (χ0) is 11.4. The summed E-state index contributed by atoms with van der Waals surface area (Å²) in [5.41, 5.74) is 7.15. The maximum atomic E-state index is 13.3. The van der Waals surface area contributed by atoms with Crippen LogP contribution >= 0.6 is 11.3 Å². The third kappa shape index (κ3) is 2.52. The predicted octanol–water partition coefficient (Wildman–Crippen LogP) is 3.09. The lowest BCUT2D eigenvalue weighted by molar-refractivity contribution is 0.307. The molecule has 2 N–H and O–H groups in total. The van der Waals surface area contributed by atoms with Crippen molar-refractivity contribution < 1.29 is 9.13 Å². The average molecular weight is 237 g/mol. The first-order valence-corrected chi connectivity index (χ1v) is 5.89. The van der Waals surface area contributed by atoms with Crippen LogP contribution in [0.25, 0.3) is 0 Å². The van der Waals surface area contributed by atoms with Crippen LogP contribution in [0.5, 0.6) is 5.75 Å². The van der Waals surface area contributed by atoms with Crippen LogP contribution in [0.1, 0.15) is 5.56 Å². The van der Waals surface area contributed by atoms with Gasteiger partial charge in [0, 0.05) is 6.42 Å². The maximum Gasteiger partial charge on any atom is 0.177 e. The quantitative estimate of drug-likeness (QED) is 0.829. The number of rotatable bonds is 4. The number of halogens is 1. The van der Waals surface area contributed by atoms with Gasteiger partial charge >= 0.3 is 0 Å². The molecule has 0 aliphatic rings. The van der Waals surface area contributed by atoms with Crippen LogP contribution in [0.3, 0.4) is 0 Å². The molecule has 0 saturated carbocycles. The highest BCUT2D eigenvalue weighted by atomic mass is 32.1. The minimum absolute atomic E-state index is 0.151. The Labute approximate surface area is 97.5 Å². The topological polar surface area (TPSA) is 35.2 Å². The Morgan fingerprint density at radius 3 is 2.88 bits per heavy atom. The molecule has 16 heavy (non-hydrogen) atoms. The zero-order valence-corrected chi connectivity index (χ0v) is 9.47. The lowest BCUT2D eigenvalue weighted by atomic mass is 10.2. The van der Waals surface area contributed by atoms with Crippen molar-refractivity contribution in [2.45, 2.75) is 6.42 Å². The van der Waals surface area contributed by atoms with Crippen molar-refractivity contribution in [3.05, 3.63) is 46.4 Å². The van der Waals surface area contributed by atoms with Gasteiger partial charge in [0.15, 0.2) is 11.6 Å². The van der Waals surface area contributed by atoms with E-state index in [0.29, 0.717) is 12.3 Å². The fourth-order valence-corrected chi connectivity index (χ4v) is 2.09. The Morgan fingerprint density at radius 2 is 2.19 bits per heavy atom. The molecule has 1 aromatic carbocycles. The van der Waals surface area contributed by atoms with Crippen LogP contribution in [-0.4, -0.2) is 6.61 Å². The number of para-hydroxylation sites is 1. The number of nitrogen functional groups attached to an aromatic ring is 1. The molecule has 0 unspecified atom stereocenters. The number of ether oxygens (including phenoxy) is 1. The molecule has 2 aromatic rings. The molecular formula is C12H12FNOS. The molecule has 0 atom stereocenters. The Kier molecular flexibility index (Phi) is 3.41. The molecule has 0 bridgehead atoms. The molecule has 2 rings (SSSR count). The summed E-state index contributed by atoms with van der Waals surface area (Å²) in [6, 6.07) is 6.56. The first-order valence-electron chi connectivity index (χ1n) is 4.95. The number of thiophene rings is 1. The molecule has 0 aliphatic heterocycles. The van der Waals surface area contributed by atoms with Crippen molar-refractivity contribution in [3.8, 4) is 5.75 Å². The van der Waals surface area contributed by atoms with Gasteiger partial charge in [-0.25, -0.2) is 4.39 Å². The molecule has 0 amide bonds. The molecule has 1 heterocycles. The van der Waals surface area contributed by atoms with Crippen LogP contribution in [0.15, 0.2) is 35.0 Å². The average Bonchev–Trinajstić information content (AvgIpc) is 2.75. The Balaban J connectivity index is 1.95. The van der Waals surface area contributed by atoms with E-state index in [1.807, 2.05) is 16.8 Å². The van der Waals surface area contributed by atoms with E-state index in [1.165, 1.54) is 11.6 Å². The van der Waals surface area contributed by atoms with E-state index in [0.717, 1.165) is 6.42 Å². The van der Waals surface area contributed by atoms with Gasteiger partial charge in [-0.1, -0.05) is 6.07 Å². The zero-order valence-electron chi connectivity index (χ0n) is 8.65. The third-order valence-electron chi connectivity index (χ3n) is 2.21. The van der Waals surface area contributed by atoms with Crippen molar-refractivity contribution in [2.24, 2.45) is 0 Å². The highest BCUT2D eigenvalue weighted by Crippen LogP contribution is 2.24. The number of benzene rings is 1. The van der Waals surface area contributed by atoms with Crippen molar-refractivity contribution in [2.75, 3.05) is 12.3 Å². The van der Waals surface area contributed by atoms with E-state index in [-0.39, 0.29) is 5.75 Å². The van der Waals surface area contributed by atoms with Crippen LogP contribution in [0.2, 0.25) is 0 Å². The van der Waals surface area contributed by atoms with Crippen LogP contribution < -0.4 is 10.5 Å². The van der Waals surface area contributed by atoms with Gasteiger partial charge in [-0.15, -0.1) is 0 Å². The van der Waals surface area contributed by atoms with Gasteiger partial charge in [0.25, 0.3) is 0 Å². The molecule has 0 fully saturated rings. The minimum atomic E-state index is -0.412. The molecular weight excluding hydrogens is 225 g/mol. The second-order valence-electron chi connectivity index (χ2n) is 3.39. The first kappa shape index (κ1) is 11.0. The fourth-order valence-electron chi connectivity index (χ4n) is 1.38. The Morgan fingerprint density at radius 1 is 1.31 bits per heavy atom. The van der Waals surface area contributed by atoms with E-state index in [1.54, 1.807) is 23.5 Å². The molecule has 2 nitrogen and oxygen atoms in total. The van der Waals surface area contributed by atoms with E-state index in [9.17, 15) is 4.39 Å². The monoisotopic (exact) mass is 237 g/mol. The van der Waals surface area contributed by atoms with Crippen LogP contribution in [-0.2, 0) is 6.42 Å². The van der Waals surface area contributed by atoms with Gasteiger partial charge < -0.3 is 10.5 Å². The summed E-state index contributed by atoms with van der Waals surface area (Å²) < 4.78 is 18.7. The van der Waals surface area contributed by atoms with Crippen molar-refractivity contribution in [1.82, 2.24) is 0 Å². The first-order chi connectivity index (χ1) is 7.77. The second kappa shape index (κ2) is 4.99. The van der Waals surface area contributed by atoms with E-state index < -0.39 is 5.82 Å². The van der Waals surface area contributed by atoms with E-state index in [2.05, 4.69) is 0 Å². The van der Waals surface area contributed by atoms with E-state index in [4.69, 9.17) is 10.5 Å². The minimum Gasteiger partial charge on any atom is -0.488 e. The predicted molar refractivity (Wildman–Crippen MR) is 64.3 cm³/mol. The summed E-state index contributed by atoms with van der Waals surface area (Å²) in [4.78, 5) is 0. The van der Waals surface area contributed by atoms with Gasteiger partial charge in [0.1, 0.15) is 0 Å². The summed E-state index contributed by atoms with van der Waals surface area (Å²) in [7, 11) is 0. The van der Waals surface area contributed by atoms with Crippen molar-refractivity contribution >= 4 is 17.0 Å². The number of nitrogens with two attached hydrogens (primary N) is 1. The highest BCUT2D eigenvalue weighted by Gasteiger charge is 2.06. The fraction of sp³-hybridized carbons (Fsp3) is 0.167. The lowest BCUT2D eigenvalue weighted by Crippen LogP contribution is -2.04. The second-order valence-corrected chi connectivity index (χ2v) is 4.17. The molecule has 84 valence electrons. The maximum absolute atomic E-state index is 13.3. The lowest BCUT2D eigenvalue weighted by Gasteiger charge is -2.08. The largest absolute Gasteiger partial charge is 0.488 e. The molecule has 0 radical (unpaired) electrons. The van der Waals surface area contributed by atoms with Crippen molar-refractivity contribution in [3.63, 3.8) is 0 Å². The Bertz CT molecular complexity index is 436. The Hall–Kier alpha value is -1.55. The van der Waals surface area contributed by atoms with Gasteiger partial charge in [0.05, 0.1) is 12.3 Å². The number of anilines is 1. The summed E-state index contributed by atoms with van der Waals surface area (Å²) in [5, 5.41) is 4.06. The van der Waals surface area contributed by atoms with E-state index >= 15 is 0 Å². The number of hydrogen-bond donors (Lipinski definition) is 1. The molecule has 1 aromatic heterocycles. The van der Waals surface area contributed by atoms with Gasteiger partial charge in [-0.3, -0.25) is 0 Å². The summed E-state index contributed by atoms with van der Waals surface area (Å²) in [6.45, 7) is 0.432. The highest BCUT2D eigenvalue weighted by molar-refractivity contribution is 7.07. The molecule has 0 aliphatic carbocycles. The molecule has 0 spiro atoms. The number of hydrogen-bond acceptors (Lipinski definition) is 3. The van der Waals surface area contributed by atoms with Crippen LogP contribution in [0, 0.1) is 5.82 Å². The smallest absolute Gasteiger partial charge is 0.177 e. The SMILES string of the molecule is Nc1cccc(F)c1OCCc1ccsc1. The van der Waals surface area contributed by atoms with Gasteiger partial charge in [-0.2, -0.15) is 11.3 Å². The van der Waals surface area contributed by atoms with Crippen LogP contribution in [0.4, 0.5) is 10.1 Å². The summed E-state index contributed by atoms with van der Waals surface area (Å²) >= 11 is 1.64. The van der Waals surface area contributed by atoms with Crippen molar-refractivity contribution in [1.29, 1.82) is 0 Å². The third-order valence-corrected chi connectivity index (χ3v) is 2.95. The normalized spacial score (nSPS) is 10.3. The standard InChI is InChI=1S/C12H12FNOS/c13-10-2-1-3-11(14)12(10)15-6-4-9-5-7-16-8-9/h1-3,5,7-8H,4,6,14H2. The summed E-state index contributed by atoms with van der Waals surface area (Å²) in [5.74, 6) is -0.261. The summed E-state index contributed by atoms with van der Waals surface area (Å²) in [6.07, 6.45) is 0.761. The molecule has 4 heteroatoms. The van der Waals surface area contributed by atoms with Gasteiger partial charge in [-0.05, 0) is 34.5 Å². The van der Waals surface area contributed by atoms with Gasteiger partial charge in [0.2, 0.25) is 0 Å².